The Kier molecular flexibility index (Phi) is 6.86. The number of hydrogen-bond donors (Lipinski definition) is 2. The quantitative estimate of drug-likeness (QED) is 0.568. The molecule has 21 heavy (non-hydrogen) atoms. The monoisotopic (exact) mass is 336 g/mol. The van der Waals surface area contributed by atoms with Crippen LogP contribution in [0.4, 0.5) is 0 Å². The Morgan fingerprint density at radius 3 is 1.38 bits per heavy atom. The lowest BCUT2D eigenvalue weighted by Gasteiger charge is -2.31. The summed E-state index contributed by atoms with van der Waals surface area (Å²) in [5.41, 5.74) is 0. The minimum absolute atomic E-state index is 0.561. The Balaban J connectivity index is 2.48. The van der Waals surface area contributed by atoms with E-state index in [2.05, 4.69) is 49.5 Å². The molecule has 0 atom stereocenters. The van der Waals surface area contributed by atoms with Crippen LogP contribution in [0.1, 0.15) is 0 Å². The third-order valence-electron chi connectivity index (χ3n) is 3.10. The molecule has 0 spiro atoms. The third-order valence-corrected chi connectivity index (χ3v) is 6.87. The summed E-state index contributed by atoms with van der Waals surface area (Å²) >= 11 is 8.55. The van der Waals surface area contributed by atoms with Gasteiger partial charge in [-0.15, -0.1) is 0 Å². The molecule has 2 rings (SSSR count). The van der Waals surface area contributed by atoms with Gasteiger partial charge >= 0.3 is 8.56 Å². The van der Waals surface area contributed by atoms with E-state index in [-0.39, 0.29) is 0 Å². The van der Waals surface area contributed by atoms with Crippen LogP contribution in [0.25, 0.3) is 0 Å². The Labute approximate surface area is 138 Å². The van der Waals surface area contributed by atoms with Crippen LogP contribution in [-0.4, -0.2) is 33.3 Å². The van der Waals surface area contributed by atoms with Gasteiger partial charge in [-0.2, -0.15) is 25.3 Å². The minimum atomic E-state index is -2.69. The fraction of sp³-hybridized carbons (Fsp3) is 0.250. The van der Waals surface area contributed by atoms with E-state index in [1.165, 1.54) is 0 Å². The lowest BCUT2D eigenvalue weighted by molar-refractivity contribution is 0.212. The molecule has 0 aliphatic rings. The molecule has 0 aliphatic carbocycles. The average molecular weight is 337 g/mol. The first-order valence-electron chi connectivity index (χ1n) is 6.94. The first-order chi connectivity index (χ1) is 10.3. The van der Waals surface area contributed by atoms with Crippen molar-refractivity contribution in [3.05, 3.63) is 60.7 Å². The van der Waals surface area contributed by atoms with Gasteiger partial charge in [-0.1, -0.05) is 60.7 Å². The predicted molar refractivity (Wildman–Crippen MR) is 97.5 cm³/mol. The summed E-state index contributed by atoms with van der Waals surface area (Å²) in [6.45, 7) is 1.12. The van der Waals surface area contributed by atoms with Crippen LogP contribution >= 0.6 is 25.3 Å². The summed E-state index contributed by atoms with van der Waals surface area (Å²) in [7, 11) is -2.69. The van der Waals surface area contributed by atoms with Gasteiger partial charge in [-0.25, -0.2) is 0 Å². The fourth-order valence-corrected chi connectivity index (χ4v) is 5.89. The van der Waals surface area contributed by atoms with E-state index in [4.69, 9.17) is 8.85 Å². The maximum absolute atomic E-state index is 6.26. The summed E-state index contributed by atoms with van der Waals surface area (Å²) in [6, 6.07) is 20.4. The van der Waals surface area contributed by atoms with Crippen LogP contribution < -0.4 is 10.4 Å². The second kappa shape index (κ2) is 8.65. The molecule has 2 aromatic rings. The molecule has 0 heterocycles. The second-order valence-electron chi connectivity index (χ2n) is 4.49. The summed E-state index contributed by atoms with van der Waals surface area (Å²) in [5, 5.41) is 2.22. The summed E-state index contributed by atoms with van der Waals surface area (Å²) in [6.07, 6.45) is 0. The van der Waals surface area contributed by atoms with Gasteiger partial charge < -0.3 is 8.85 Å². The van der Waals surface area contributed by atoms with E-state index in [0.29, 0.717) is 24.7 Å². The zero-order valence-corrected chi connectivity index (χ0v) is 14.6. The van der Waals surface area contributed by atoms with Crippen LogP contribution in [0.2, 0.25) is 0 Å². The lowest BCUT2D eigenvalue weighted by atomic mass is 10.4. The molecular formula is C16H20O2S2Si. The fourth-order valence-electron chi connectivity index (χ4n) is 2.24. The molecule has 0 unspecified atom stereocenters. The molecular weight excluding hydrogens is 316 g/mol. The van der Waals surface area contributed by atoms with Gasteiger partial charge in [0.05, 0.1) is 0 Å². The molecule has 112 valence electrons. The number of hydrogen-bond acceptors (Lipinski definition) is 4. The highest BCUT2D eigenvalue weighted by atomic mass is 32.1. The SMILES string of the molecule is SCCO[Si](OCCS)(c1ccccc1)c1ccccc1. The Morgan fingerprint density at radius 2 is 1.05 bits per heavy atom. The van der Waals surface area contributed by atoms with Crippen molar-refractivity contribution in [2.45, 2.75) is 0 Å². The van der Waals surface area contributed by atoms with Crippen LogP contribution in [0.3, 0.4) is 0 Å². The number of thiol groups is 2. The highest BCUT2D eigenvalue weighted by Gasteiger charge is 2.42. The van der Waals surface area contributed by atoms with Crippen LogP contribution in [0.15, 0.2) is 60.7 Å². The van der Waals surface area contributed by atoms with Gasteiger partial charge in [0.1, 0.15) is 0 Å². The van der Waals surface area contributed by atoms with E-state index < -0.39 is 8.56 Å². The summed E-state index contributed by atoms with van der Waals surface area (Å²) in [5.74, 6) is 1.33. The molecule has 5 heteroatoms. The van der Waals surface area contributed by atoms with Crippen molar-refractivity contribution >= 4 is 44.2 Å². The molecule has 0 saturated carbocycles. The second-order valence-corrected chi connectivity index (χ2v) is 8.35. The zero-order valence-electron chi connectivity index (χ0n) is 11.8. The Morgan fingerprint density at radius 1 is 0.667 bits per heavy atom. The average Bonchev–Trinajstić information content (AvgIpc) is 2.57. The van der Waals surface area contributed by atoms with Gasteiger partial charge in [0, 0.05) is 24.7 Å². The molecule has 0 aromatic heterocycles. The molecule has 2 nitrogen and oxygen atoms in total. The maximum atomic E-state index is 6.26. The lowest BCUT2D eigenvalue weighted by Crippen LogP contribution is -2.63. The van der Waals surface area contributed by atoms with Crippen molar-refractivity contribution in [2.24, 2.45) is 0 Å². The molecule has 0 aliphatic heterocycles. The van der Waals surface area contributed by atoms with Gasteiger partial charge in [0.2, 0.25) is 0 Å². The molecule has 0 saturated heterocycles. The van der Waals surface area contributed by atoms with Crippen molar-refractivity contribution < 1.29 is 8.85 Å². The first kappa shape index (κ1) is 16.6. The van der Waals surface area contributed by atoms with E-state index in [1.54, 1.807) is 0 Å². The Hall–Kier alpha value is -0.723. The van der Waals surface area contributed by atoms with E-state index in [1.807, 2.05) is 36.4 Å². The topological polar surface area (TPSA) is 18.5 Å². The van der Waals surface area contributed by atoms with Gasteiger partial charge in [0.15, 0.2) is 0 Å². The predicted octanol–water partition coefficient (Wildman–Crippen LogP) is 2.14. The number of rotatable bonds is 8. The van der Waals surface area contributed by atoms with Gasteiger partial charge in [0.25, 0.3) is 0 Å². The highest BCUT2D eigenvalue weighted by molar-refractivity contribution is 7.80. The molecule has 2 aromatic carbocycles. The van der Waals surface area contributed by atoms with Crippen LogP contribution in [0.5, 0.6) is 0 Å². The molecule has 0 amide bonds. The molecule has 0 bridgehead atoms. The largest absolute Gasteiger partial charge is 0.407 e. The first-order valence-corrected chi connectivity index (χ1v) is 10.0. The van der Waals surface area contributed by atoms with Crippen molar-refractivity contribution in [2.75, 3.05) is 24.7 Å². The van der Waals surface area contributed by atoms with Crippen molar-refractivity contribution in [3.63, 3.8) is 0 Å². The smallest absolute Gasteiger partial charge is 0.387 e. The van der Waals surface area contributed by atoms with E-state index >= 15 is 0 Å². The van der Waals surface area contributed by atoms with Gasteiger partial charge in [-0.05, 0) is 10.4 Å². The third kappa shape index (κ3) is 4.14. The molecule has 0 N–H and O–H groups in total. The van der Waals surface area contributed by atoms with Crippen molar-refractivity contribution in [3.8, 4) is 0 Å². The highest BCUT2D eigenvalue weighted by Crippen LogP contribution is 2.10. The van der Waals surface area contributed by atoms with E-state index in [9.17, 15) is 0 Å². The standard InChI is InChI=1S/C16H20O2S2Si/c19-13-11-17-21(18-12-14-20,15-7-3-1-4-8-15)16-9-5-2-6-10-16/h1-10,19-20H,11-14H2. The van der Waals surface area contributed by atoms with Gasteiger partial charge in [-0.3, -0.25) is 0 Å². The van der Waals surface area contributed by atoms with Crippen LogP contribution in [-0.2, 0) is 8.85 Å². The molecule has 0 radical (unpaired) electrons. The Bertz CT molecular complexity index is 473. The zero-order chi connectivity index (χ0) is 15.0. The maximum Gasteiger partial charge on any atom is 0.407 e. The van der Waals surface area contributed by atoms with Crippen molar-refractivity contribution in [1.82, 2.24) is 0 Å². The molecule has 0 fully saturated rings. The minimum Gasteiger partial charge on any atom is -0.387 e. The normalized spacial score (nSPS) is 11.5. The summed E-state index contributed by atoms with van der Waals surface area (Å²) < 4.78 is 12.5. The van der Waals surface area contributed by atoms with Crippen LogP contribution in [0, 0.1) is 0 Å². The number of benzene rings is 2. The van der Waals surface area contributed by atoms with Crippen molar-refractivity contribution in [1.29, 1.82) is 0 Å². The van der Waals surface area contributed by atoms with E-state index in [0.717, 1.165) is 10.4 Å². The summed E-state index contributed by atoms with van der Waals surface area (Å²) in [4.78, 5) is 0.